The highest BCUT2D eigenvalue weighted by Gasteiger charge is 2.48. The molecule has 1 aliphatic carbocycles. The summed E-state index contributed by atoms with van der Waals surface area (Å²) in [6.07, 6.45) is 3.46. The Morgan fingerprint density at radius 2 is 1.32 bits per heavy atom. The molecule has 1 heterocycles. The van der Waals surface area contributed by atoms with Crippen molar-refractivity contribution < 1.29 is 14.4 Å². The van der Waals surface area contributed by atoms with Gasteiger partial charge in [-0.05, 0) is 24.0 Å². The van der Waals surface area contributed by atoms with Gasteiger partial charge in [0.2, 0.25) is 17.7 Å². The molecule has 0 bridgehead atoms. The number of amides is 3. The van der Waals surface area contributed by atoms with Crippen LogP contribution in [-0.4, -0.2) is 29.2 Å². The molecule has 3 amide bonds. The van der Waals surface area contributed by atoms with E-state index in [9.17, 15) is 14.4 Å². The van der Waals surface area contributed by atoms with Crippen molar-refractivity contribution >= 4 is 17.7 Å². The fourth-order valence-corrected chi connectivity index (χ4v) is 4.39. The number of likely N-dealkylation sites (tertiary alicyclic amines) is 1. The number of nitrogens with one attached hydrogen (secondary N) is 1. The van der Waals surface area contributed by atoms with E-state index in [0.29, 0.717) is 0 Å². The lowest BCUT2D eigenvalue weighted by atomic mass is 9.81. The average Bonchev–Trinajstić information content (AvgIpc) is 2.98. The Morgan fingerprint density at radius 3 is 1.79 bits per heavy atom. The number of hydrogen-bond donors (Lipinski definition) is 1. The van der Waals surface area contributed by atoms with Gasteiger partial charge in [-0.2, -0.15) is 0 Å². The van der Waals surface area contributed by atoms with Crippen LogP contribution in [0.1, 0.15) is 42.9 Å². The normalized spacial score (nSPS) is 21.7. The maximum Gasteiger partial charge on any atom is 0.240 e. The lowest BCUT2D eigenvalue weighted by Crippen LogP contribution is -2.42. The summed E-state index contributed by atoms with van der Waals surface area (Å²) in [7, 11) is 0. The molecule has 0 spiro atoms. The van der Waals surface area contributed by atoms with Gasteiger partial charge in [0.05, 0.1) is 17.9 Å². The minimum absolute atomic E-state index is 0.180. The first-order chi connectivity index (χ1) is 13.6. The number of imide groups is 1. The Morgan fingerprint density at radius 1 is 0.857 bits per heavy atom. The van der Waals surface area contributed by atoms with Gasteiger partial charge in [0.15, 0.2) is 0 Å². The van der Waals surface area contributed by atoms with Crippen molar-refractivity contribution in [2.24, 2.45) is 11.8 Å². The first kappa shape index (κ1) is 18.4. The predicted octanol–water partition coefficient (Wildman–Crippen LogP) is 3.07. The largest absolute Gasteiger partial charge is 0.344 e. The number of rotatable bonds is 5. The quantitative estimate of drug-likeness (QED) is 0.816. The molecule has 144 valence electrons. The van der Waals surface area contributed by atoms with Crippen molar-refractivity contribution in [3.63, 3.8) is 0 Å². The zero-order chi connectivity index (χ0) is 19.5. The molecule has 2 aromatic rings. The number of nitrogens with zero attached hydrogens (tertiary/aromatic N) is 1. The van der Waals surface area contributed by atoms with Crippen molar-refractivity contribution in [3.8, 4) is 0 Å². The summed E-state index contributed by atoms with van der Waals surface area (Å²) in [6, 6.07) is 19.1. The maximum absolute atomic E-state index is 12.8. The Hall–Kier alpha value is -2.95. The molecule has 2 aromatic carbocycles. The number of fused-ring (bicyclic) bond motifs is 1. The maximum atomic E-state index is 12.8. The van der Waals surface area contributed by atoms with Crippen LogP contribution < -0.4 is 5.32 Å². The van der Waals surface area contributed by atoms with E-state index in [4.69, 9.17) is 0 Å². The lowest BCUT2D eigenvalue weighted by molar-refractivity contribution is -0.143. The predicted molar refractivity (Wildman–Crippen MR) is 105 cm³/mol. The van der Waals surface area contributed by atoms with E-state index >= 15 is 0 Å². The van der Waals surface area contributed by atoms with Crippen LogP contribution >= 0.6 is 0 Å². The molecule has 2 fully saturated rings. The molecule has 0 radical (unpaired) electrons. The van der Waals surface area contributed by atoms with Crippen LogP contribution in [0.15, 0.2) is 60.7 Å². The summed E-state index contributed by atoms with van der Waals surface area (Å²) in [4.78, 5) is 39.2. The summed E-state index contributed by atoms with van der Waals surface area (Å²) >= 11 is 0. The zero-order valence-electron chi connectivity index (χ0n) is 15.7. The molecule has 5 nitrogen and oxygen atoms in total. The van der Waals surface area contributed by atoms with Gasteiger partial charge < -0.3 is 5.32 Å². The molecule has 0 unspecified atom stereocenters. The van der Waals surface area contributed by atoms with Gasteiger partial charge >= 0.3 is 0 Å². The molecule has 28 heavy (non-hydrogen) atoms. The third-order valence-corrected chi connectivity index (χ3v) is 5.81. The second-order valence-electron chi connectivity index (χ2n) is 7.58. The fourth-order valence-electron chi connectivity index (χ4n) is 4.39. The minimum Gasteiger partial charge on any atom is -0.344 e. The van der Waals surface area contributed by atoms with E-state index in [-0.39, 0.29) is 42.1 Å². The van der Waals surface area contributed by atoms with Crippen molar-refractivity contribution in [3.05, 3.63) is 71.8 Å². The third-order valence-electron chi connectivity index (χ3n) is 5.81. The molecular formula is C23H24N2O3. The molecular weight excluding hydrogens is 352 g/mol. The van der Waals surface area contributed by atoms with Crippen molar-refractivity contribution in [1.82, 2.24) is 10.2 Å². The number of carbonyl (C=O) groups excluding carboxylic acids is 3. The Balaban J connectivity index is 1.51. The van der Waals surface area contributed by atoms with E-state index in [0.717, 1.165) is 36.8 Å². The Labute approximate surface area is 164 Å². The molecule has 1 saturated carbocycles. The second-order valence-corrected chi connectivity index (χ2v) is 7.58. The summed E-state index contributed by atoms with van der Waals surface area (Å²) in [6.45, 7) is -0.208. The first-order valence-corrected chi connectivity index (χ1v) is 9.89. The number of hydrogen-bond acceptors (Lipinski definition) is 3. The van der Waals surface area contributed by atoms with Gasteiger partial charge in [0.1, 0.15) is 6.54 Å². The van der Waals surface area contributed by atoms with Crippen molar-refractivity contribution in [2.45, 2.75) is 31.7 Å². The van der Waals surface area contributed by atoms with Crippen molar-refractivity contribution in [2.75, 3.05) is 6.54 Å². The standard InChI is InChI=1S/C23H24N2O3/c26-20(15-25-22(27)18-13-7-8-14-19(18)23(25)28)24-21(16-9-3-1-4-10-16)17-11-5-2-6-12-17/h1-6,9-12,18-19,21H,7-8,13-15H2,(H,24,26)/t18-,19-/m1/s1. The molecule has 1 saturated heterocycles. The van der Waals surface area contributed by atoms with Crippen molar-refractivity contribution in [1.29, 1.82) is 0 Å². The highest BCUT2D eigenvalue weighted by Crippen LogP contribution is 2.37. The fraction of sp³-hybridized carbons (Fsp3) is 0.348. The summed E-state index contributed by atoms with van der Waals surface area (Å²) in [5, 5.41) is 3.01. The average molecular weight is 376 g/mol. The van der Waals surface area contributed by atoms with Crippen LogP contribution in [0.5, 0.6) is 0 Å². The van der Waals surface area contributed by atoms with E-state index in [1.165, 1.54) is 4.90 Å². The topological polar surface area (TPSA) is 66.5 Å². The zero-order valence-corrected chi connectivity index (χ0v) is 15.7. The smallest absolute Gasteiger partial charge is 0.240 e. The summed E-state index contributed by atoms with van der Waals surface area (Å²) < 4.78 is 0. The first-order valence-electron chi connectivity index (χ1n) is 9.89. The molecule has 2 atom stereocenters. The van der Waals surface area contributed by atoms with Gasteiger partial charge in [-0.3, -0.25) is 19.3 Å². The van der Waals surface area contributed by atoms with Crippen LogP contribution in [0.4, 0.5) is 0 Å². The highest BCUT2D eigenvalue weighted by molar-refractivity contribution is 6.07. The van der Waals surface area contributed by atoms with Gasteiger partial charge in [0, 0.05) is 0 Å². The van der Waals surface area contributed by atoms with E-state index in [1.54, 1.807) is 0 Å². The number of benzene rings is 2. The van der Waals surface area contributed by atoms with E-state index < -0.39 is 0 Å². The van der Waals surface area contributed by atoms with Gasteiger partial charge in [0.25, 0.3) is 0 Å². The van der Waals surface area contributed by atoms with E-state index in [2.05, 4.69) is 5.32 Å². The van der Waals surface area contributed by atoms with Gasteiger partial charge in [-0.1, -0.05) is 73.5 Å². The SMILES string of the molecule is O=C(CN1C(=O)[C@@H]2CCCC[C@H]2C1=O)NC(c1ccccc1)c1ccccc1. The summed E-state index contributed by atoms with van der Waals surface area (Å²) in [5.74, 6) is -1.14. The molecule has 4 rings (SSSR count). The second kappa shape index (κ2) is 7.97. The van der Waals surface area contributed by atoms with E-state index in [1.807, 2.05) is 60.7 Å². The molecule has 1 aliphatic heterocycles. The monoisotopic (exact) mass is 376 g/mol. The summed E-state index contributed by atoms with van der Waals surface area (Å²) in [5.41, 5.74) is 1.91. The lowest BCUT2D eigenvalue weighted by Gasteiger charge is -2.22. The molecule has 0 aromatic heterocycles. The molecule has 2 aliphatic rings. The Bertz CT molecular complexity index is 802. The van der Waals surface area contributed by atoms with Crippen LogP contribution in [-0.2, 0) is 14.4 Å². The van der Waals surface area contributed by atoms with Crippen LogP contribution in [0, 0.1) is 11.8 Å². The van der Waals surface area contributed by atoms with Crippen LogP contribution in [0.2, 0.25) is 0 Å². The molecule has 1 N–H and O–H groups in total. The van der Waals surface area contributed by atoms with Crippen LogP contribution in [0.25, 0.3) is 0 Å². The number of carbonyl (C=O) groups is 3. The molecule has 5 heteroatoms. The van der Waals surface area contributed by atoms with Gasteiger partial charge in [-0.25, -0.2) is 0 Å². The van der Waals surface area contributed by atoms with Crippen LogP contribution in [0.3, 0.4) is 0 Å². The third kappa shape index (κ3) is 3.57. The highest BCUT2D eigenvalue weighted by atomic mass is 16.2. The minimum atomic E-state index is -0.329. The van der Waals surface area contributed by atoms with Gasteiger partial charge in [-0.15, -0.1) is 0 Å². The Kier molecular flexibility index (Phi) is 5.24.